The van der Waals surface area contributed by atoms with Gasteiger partial charge in [-0.25, -0.2) is 9.78 Å². The lowest BCUT2D eigenvalue weighted by molar-refractivity contribution is 0.0706. The van der Waals surface area contributed by atoms with Crippen molar-refractivity contribution >= 4 is 34.4 Å². The smallest absolute Gasteiger partial charge is 0.323 e. The zero-order valence-electron chi connectivity index (χ0n) is 18.0. The molecule has 2 N–H and O–H groups in total. The van der Waals surface area contributed by atoms with Crippen molar-refractivity contribution in [1.29, 1.82) is 0 Å². The van der Waals surface area contributed by atoms with Gasteiger partial charge >= 0.3 is 6.03 Å². The molecule has 3 aromatic carbocycles. The highest BCUT2D eigenvalue weighted by Crippen LogP contribution is 2.30. The average Bonchev–Trinajstić information content (AvgIpc) is 3.29. The molecule has 3 amide bonds. The average molecular weight is 441 g/mol. The Balaban J connectivity index is 1.16. The van der Waals surface area contributed by atoms with Crippen LogP contribution < -0.4 is 10.6 Å². The van der Waals surface area contributed by atoms with Gasteiger partial charge in [-0.1, -0.05) is 30.3 Å². The Morgan fingerprint density at radius 2 is 1.45 bits per heavy atom. The van der Waals surface area contributed by atoms with E-state index in [1.807, 2.05) is 59.5 Å². The van der Waals surface area contributed by atoms with Gasteiger partial charge in [-0.15, -0.1) is 0 Å². The highest BCUT2D eigenvalue weighted by atomic mass is 16.3. The molecule has 4 aromatic rings. The van der Waals surface area contributed by atoms with Crippen LogP contribution in [0.4, 0.5) is 16.2 Å². The van der Waals surface area contributed by atoms with Gasteiger partial charge in [-0.2, -0.15) is 0 Å². The highest BCUT2D eigenvalue weighted by molar-refractivity contribution is 6.00. The number of aromatic nitrogens is 1. The topological polar surface area (TPSA) is 87.5 Å². The molecule has 0 aliphatic carbocycles. The van der Waals surface area contributed by atoms with Crippen molar-refractivity contribution in [2.75, 3.05) is 23.7 Å². The van der Waals surface area contributed by atoms with Crippen LogP contribution in [0, 0.1) is 0 Å². The molecular formula is C26H24N4O3. The molecule has 1 aliphatic rings. The molecule has 1 aromatic heterocycles. The lowest BCUT2D eigenvalue weighted by Crippen LogP contribution is -2.38. The van der Waals surface area contributed by atoms with Crippen LogP contribution in [0.5, 0.6) is 0 Å². The van der Waals surface area contributed by atoms with Gasteiger partial charge in [0.1, 0.15) is 5.52 Å². The SMILES string of the molecule is O=C(Nc1ccccc1)Nc1ccc(C(=O)N2CCC(c3nc4ccccc4o3)CC2)cc1. The minimum absolute atomic E-state index is 0.00805. The van der Waals surface area contributed by atoms with Crippen LogP contribution in [0.3, 0.4) is 0 Å². The number of oxazole rings is 1. The van der Waals surface area contributed by atoms with Crippen LogP contribution >= 0.6 is 0 Å². The van der Waals surface area contributed by atoms with Gasteiger partial charge in [0.05, 0.1) is 0 Å². The maximum atomic E-state index is 12.9. The van der Waals surface area contributed by atoms with Crippen molar-refractivity contribution in [3.05, 3.63) is 90.3 Å². The molecule has 0 radical (unpaired) electrons. The molecule has 5 rings (SSSR count). The number of hydrogen-bond donors (Lipinski definition) is 2. The van der Waals surface area contributed by atoms with Gasteiger partial charge in [0.15, 0.2) is 11.5 Å². The van der Waals surface area contributed by atoms with E-state index < -0.39 is 0 Å². The van der Waals surface area contributed by atoms with E-state index in [4.69, 9.17) is 4.42 Å². The number of urea groups is 1. The maximum Gasteiger partial charge on any atom is 0.323 e. The molecule has 1 saturated heterocycles. The fourth-order valence-corrected chi connectivity index (χ4v) is 4.09. The molecule has 0 atom stereocenters. The van der Waals surface area contributed by atoms with Gasteiger partial charge in [0.2, 0.25) is 0 Å². The number of nitrogens with zero attached hydrogens (tertiary/aromatic N) is 2. The van der Waals surface area contributed by atoms with Crippen molar-refractivity contribution in [3.8, 4) is 0 Å². The van der Waals surface area contributed by atoms with E-state index in [9.17, 15) is 9.59 Å². The van der Waals surface area contributed by atoms with E-state index >= 15 is 0 Å². The molecule has 7 heteroatoms. The summed E-state index contributed by atoms with van der Waals surface area (Å²) < 4.78 is 5.92. The summed E-state index contributed by atoms with van der Waals surface area (Å²) in [6.45, 7) is 1.31. The number of carbonyl (C=O) groups excluding carboxylic acids is 2. The van der Waals surface area contributed by atoms with Crippen LogP contribution in [0.2, 0.25) is 0 Å². The number of para-hydroxylation sites is 3. The number of nitrogens with one attached hydrogen (secondary N) is 2. The van der Waals surface area contributed by atoms with Crippen LogP contribution in [-0.2, 0) is 0 Å². The number of fused-ring (bicyclic) bond motifs is 1. The van der Waals surface area contributed by atoms with E-state index in [2.05, 4.69) is 15.6 Å². The van der Waals surface area contributed by atoms with Gasteiger partial charge in [-0.05, 0) is 61.4 Å². The Morgan fingerprint density at radius 1 is 0.818 bits per heavy atom. The first-order valence-electron chi connectivity index (χ1n) is 11.0. The maximum absolute atomic E-state index is 12.9. The zero-order valence-corrected chi connectivity index (χ0v) is 18.0. The molecule has 166 valence electrons. The fraction of sp³-hybridized carbons (Fsp3) is 0.192. The van der Waals surface area contributed by atoms with Crippen molar-refractivity contribution in [2.24, 2.45) is 0 Å². The van der Waals surface area contributed by atoms with E-state index in [-0.39, 0.29) is 17.9 Å². The van der Waals surface area contributed by atoms with E-state index in [1.54, 1.807) is 24.3 Å². The summed E-state index contributed by atoms with van der Waals surface area (Å²) in [5.74, 6) is 0.968. The summed E-state index contributed by atoms with van der Waals surface area (Å²) in [7, 11) is 0. The summed E-state index contributed by atoms with van der Waals surface area (Å²) in [6.07, 6.45) is 1.63. The van der Waals surface area contributed by atoms with Crippen LogP contribution in [0.25, 0.3) is 11.1 Å². The minimum Gasteiger partial charge on any atom is -0.440 e. The second kappa shape index (κ2) is 9.16. The molecule has 0 bridgehead atoms. The molecule has 7 nitrogen and oxygen atoms in total. The lowest BCUT2D eigenvalue weighted by atomic mass is 9.96. The predicted molar refractivity (Wildman–Crippen MR) is 127 cm³/mol. The number of amides is 3. The third-order valence-electron chi connectivity index (χ3n) is 5.86. The first kappa shape index (κ1) is 20.8. The quantitative estimate of drug-likeness (QED) is 0.439. The van der Waals surface area contributed by atoms with Crippen LogP contribution in [0.1, 0.15) is 35.0 Å². The number of hydrogen-bond acceptors (Lipinski definition) is 4. The summed E-state index contributed by atoms with van der Waals surface area (Å²) in [5.41, 5.74) is 3.61. The van der Waals surface area contributed by atoms with Crippen molar-refractivity contribution in [3.63, 3.8) is 0 Å². The molecule has 0 unspecified atom stereocenters. The second-order valence-electron chi connectivity index (χ2n) is 8.11. The Morgan fingerprint density at radius 3 is 2.15 bits per heavy atom. The van der Waals surface area contributed by atoms with Gasteiger partial charge < -0.3 is 20.0 Å². The normalized spacial score (nSPS) is 14.2. The summed E-state index contributed by atoms with van der Waals surface area (Å²) in [6, 6.07) is 23.6. The standard InChI is InChI=1S/C26H24N4O3/c31-25(19-10-12-21(13-11-19)28-26(32)27-20-6-2-1-3-7-20)30-16-14-18(15-17-30)24-29-22-8-4-5-9-23(22)33-24/h1-13,18H,14-17H2,(H2,27,28,32). The Hall–Kier alpha value is -4.13. The number of rotatable bonds is 4. The fourth-order valence-electron chi connectivity index (χ4n) is 4.09. The Labute approximate surface area is 191 Å². The van der Waals surface area contributed by atoms with Crippen LogP contribution in [-0.4, -0.2) is 34.9 Å². The van der Waals surface area contributed by atoms with E-state index in [1.165, 1.54) is 0 Å². The van der Waals surface area contributed by atoms with Gasteiger partial charge in [-0.3, -0.25) is 4.79 Å². The van der Waals surface area contributed by atoms with E-state index in [0.29, 0.717) is 30.0 Å². The molecule has 1 aliphatic heterocycles. The minimum atomic E-state index is -0.332. The summed E-state index contributed by atoms with van der Waals surface area (Å²) in [4.78, 5) is 31.6. The largest absolute Gasteiger partial charge is 0.440 e. The van der Waals surface area contributed by atoms with Gasteiger partial charge in [0, 0.05) is 35.9 Å². The molecule has 33 heavy (non-hydrogen) atoms. The number of carbonyl (C=O) groups is 2. The summed E-state index contributed by atoms with van der Waals surface area (Å²) >= 11 is 0. The molecular weight excluding hydrogens is 416 g/mol. The lowest BCUT2D eigenvalue weighted by Gasteiger charge is -2.30. The van der Waals surface area contributed by atoms with Crippen LogP contribution in [0.15, 0.2) is 83.3 Å². The Kier molecular flexibility index (Phi) is 5.76. The summed E-state index contributed by atoms with van der Waals surface area (Å²) in [5, 5.41) is 5.55. The third-order valence-corrected chi connectivity index (χ3v) is 5.86. The highest BCUT2D eigenvalue weighted by Gasteiger charge is 2.27. The van der Waals surface area contributed by atoms with Crippen molar-refractivity contribution in [1.82, 2.24) is 9.88 Å². The number of piperidine rings is 1. The molecule has 2 heterocycles. The predicted octanol–water partition coefficient (Wildman–Crippen LogP) is 5.49. The second-order valence-corrected chi connectivity index (χ2v) is 8.11. The first-order chi connectivity index (χ1) is 16.2. The van der Waals surface area contributed by atoms with E-state index in [0.717, 1.165) is 29.8 Å². The van der Waals surface area contributed by atoms with Crippen molar-refractivity contribution < 1.29 is 14.0 Å². The molecule has 0 saturated carbocycles. The Bertz CT molecular complexity index is 1230. The zero-order chi connectivity index (χ0) is 22.6. The number of anilines is 2. The molecule has 1 fully saturated rings. The monoisotopic (exact) mass is 440 g/mol. The van der Waals surface area contributed by atoms with Crippen molar-refractivity contribution in [2.45, 2.75) is 18.8 Å². The number of likely N-dealkylation sites (tertiary alicyclic amines) is 1. The third kappa shape index (κ3) is 4.72. The van der Waals surface area contributed by atoms with Gasteiger partial charge in [0.25, 0.3) is 5.91 Å². The molecule has 0 spiro atoms. The first-order valence-corrected chi connectivity index (χ1v) is 11.0. The number of benzene rings is 3.